The van der Waals surface area contributed by atoms with E-state index in [1.807, 2.05) is 25.3 Å². The Bertz CT molecular complexity index is 491. The van der Waals surface area contributed by atoms with Crippen molar-refractivity contribution in [2.24, 2.45) is 0 Å². The molecule has 0 fully saturated rings. The van der Waals surface area contributed by atoms with Gasteiger partial charge >= 0.3 is 0 Å². The van der Waals surface area contributed by atoms with Crippen LogP contribution in [0.5, 0.6) is 0 Å². The molecule has 2 aromatic rings. The summed E-state index contributed by atoms with van der Waals surface area (Å²) in [6.07, 6.45) is 10.5. The number of pyridine rings is 1. The molecular weight excluding hydrogens is 174 g/mol. The predicted molar refractivity (Wildman–Crippen MR) is 54.0 cm³/mol. The highest BCUT2D eigenvalue weighted by atomic mass is 15.3. The molecule has 0 unspecified atom stereocenters. The number of aryl methyl sites for hydroxylation is 1. The van der Waals surface area contributed by atoms with Crippen molar-refractivity contribution >= 4 is 0 Å². The van der Waals surface area contributed by atoms with E-state index in [1.165, 1.54) is 0 Å². The summed E-state index contributed by atoms with van der Waals surface area (Å²) in [4.78, 5) is 4.04. The summed E-state index contributed by atoms with van der Waals surface area (Å²) in [5, 5.41) is 4.26. The van der Waals surface area contributed by atoms with Crippen LogP contribution in [0.25, 0.3) is 5.69 Å². The molecule has 0 saturated carbocycles. The molecule has 0 N–H and O–H groups in total. The molecule has 0 bridgehead atoms. The lowest BCUT2D eigenvalue weighted by Crippen LogP contribution is -1.96. The third-order valence-corrected chi connectivity index (χ3v) is 1.88. The Morgan fingerprint density at radius 2 is 2.29 bits per heavy atom. The van der Waals surface area contributed by atoms with Crippen LogP contribution in [0.3, 0.4) is 0 Å². The lowest BCUT2D eigenvalue weighted by molar-refractivity contribution is 0.856. The van der Waals surface area contributed by atoms with Crippen molar-refractivity contribution in [1.29, 1.82) is 0 Å². The second-order valence-corrected chi connectivity index (χ2v) is 2.98. The van der Waals surface area contributed by atoms with Gasteiger partial charge < -0.3 is 0 Å². The third-order valence-electron chi connectivity index (χ3n) is 1.88. The van der Waals surface area contributed by atoms with E-state index in [1.54, 1.807) is 17.1 Å². The maximum Gasteiger partial charge on any atom is 0.0841 e. The Hall–Kier alpha value is -2.08. The Balaban J connectivity index is 2.47. The van der Waals surface area contributed by atoms with E-state index in [0.29, 0.717) is 0 Å². The summed E-state index contributed by atoms with van der Waals surface area (Å²) >= 11 is 0. The molecule has 0 aliphatic rings. The first kappa shape index (κ1) is 8.52. The molecule has 0 spiro atoms. The molecule has 0 aliphatic carbocycles. The SMILES string of the molecule is C#Cc1cncc(-n2ccc(C)n2)c1. The topological polar surface area (TPSA) is 30.7 Å². The van der Waals surface area contributed by atoms with Gasteiger partial charge in [0.25, 0.3) is 0 Å². The van der Waals surface area contributed by atoms with Crippen molar-refractivity contribution in [3.05, 3.63) is 42.0 Å². The Labute approximate surface area is 82.4 Å². The highest BCUT2D eigenvalue weighted by Gasteiger charge is 1.98. The first-order chi connectivity index (χ1) is 6.79. The van der Waals surface area contributed by atoms with Gasteiger partial charge in [-0.15, -0.1) is 6.42 Å². The van der Waals surface area contributed by atoms with Gasteiger partial charge in [0.05, 0.1) is 17.6 Å². The van der Waals surface area contributed by atoms with Crippen LogP contribution in [-0.4, -0.2) is 14.8 Å². The molecule has 0 amide bonds. The highest BCUT2D eigenvalue weighted by Crippen LogP contribution is 2.07. The second kappa shape index (κ2) is 3.35. The molecule has 3 heteroatoms. The van der Waals surface area contributed by atoms with Crippen molar-refractivity contribution in [1.82, 2.24) is 14.8 Å². The Morgan fingerprint density at radius 1 is 1.43 bits per heavy atom. The van der Waals surface area contributed by atoms with E-state index in [-0.39, 0.29) is 0 Å². The van der Waals surface area contributed by atoms with E-state index in [0.717, 1.165) is 16.9 Å². The zero-order valence-electron chi connectivity index (χ0n) is 7.81. The largest absolute Gasteiger partial charge is 0.261 e. The maximum atomic E-state index is 5.28. The van der Waals surface area contributed by atoms with Crippen LogP contribution in [0, 0.1) is 19.3 Å². The molecule has 2 rings (SSSR count). The zero-order chi connectivity index (χ0) is 9.97. The molecule has 2 heterocycles. The predicted octanol–water partition coefficient (Wildman–Crippen LogP) is 1.56. The van der Waals surface area contributed by atoms with Gasteiger partial charge in [-0.2, -0.15) is 5.10 Å². The van der Waals surface area contributed by atoms with Gasteiger partial charge in [-0.25, -0.2) is 4.68 Å². The fourth-order valence-electron chi connectivity index (χ4n) is 1.19. The number of aromatic nitrogens is 3. The summed E-state index contributed by atoms with van der Waals surface area (Å²) in [5.74, 6) is 2.54. The van der Waals surface area contributed by atoms with Gasteiger partial charge in [0.2, 0.25) is 0 Å². The Kier molecular flexibility index (Phi) is 2.04. The number of rotatable bonds is 1. The van der Waals surface area contributed by atoms with Gasteiger partial charge in [0.15, 0.2) is 0 Å². The van der Waals surface area contributed by atoms with Crippen LogP contribution >= 0.6 is 0 Å². The minimum absolute atomic E-state index is 0.760. The van der Waals surface area contributed by atoms with Gasteiger partial charge in [-0.3, -0.25) is 4.98 Å². The van der Waals surface area contributed by atoms with Crippen LogP contribution in [0.4, 0.5) is 0 Å². The molecule has 0 aliphatic heterocycles. The molecular formula is C11H9N3. The van der Waals surface area contributed by atoms with Gasteiger partial charge in [-0.1, -0.05) is 5.92 Å². The molecule has 0 saturated heterocycles. The first-order valence-corrected chi connectivity index (χ1v) is 4.24. The standard InChI is InChI=1S/C11H9N3/c1-3-10-6-11(8-12-7-10)14-5-4-9(2)13-14/h1,4-8H,2H3. The summed E-state index contributed by atoms with van der Waals surface area (Å²) in [7, 11) is 0. The van der Waals surface area contributed by atoms with Crippen LogP contribution in [0.15, 0.2) is 30.7 Å². The van der Waals surface area contributed by atoms with Crippen LogP contribution in [-0.2, 0) is 0 Å². The zero-order valence-corrected chi connectivity index (χ0v) is 7.81. The molecule has 68 valence electrons. The minimum Gasteiger partial charge on any atom is -0.261 e. The quantitative estimate of drug-likeness (QED) is 0.628. The summed E-state index contributed by atoms with van der Waals surface area (Å²) in [5.41, 5.74) is 2.61. The van der Waals surface area contributed by atoms with Gasteiger partial charge in [-0.05, 0) is 19.1 Å². The number of terminal acetylenes is 1. The first-order valence-electron chi connectivity index (χ1n) is 4.24. The molecule has 2 aromatic heterocycles. The Morgan fingerprint density at radius 3 is 2.93 bits per heavy atom. The van der Waals surface area contributed by atoms with Crippen molar-refractivity contribution in [2.45, 2.75) is 6.92 Å². The van der Waals surface area contributed by atoms with Crippen LogP contribution in [0.1, 0.15) is 11.3 Å². The van der Waals surface area contributed by atoms with E-state index in [4.69, 9.17) is 6.42 Å². The minimum atomic E-state index is 0.760. The third kappa shape index (κ3) is 1.50. The van der Waals surface area contributed by atoms with Crippen LogP contribution < -0.4 is 0 Å². The lowest BCUT2D eigenvalue weighted by Gasteiger charge is -2.00. The average molecular weight is 183 g/mol. The van der Waals surface area contributed by atoms with Gasteiger partial charge in [0, 0.05) is 18.0 Å². The van der Waals surface area contributed by atoms with E-state index >= 15 is 0 Å². The highest BCUT2D eigenvalue weighted by molar-refractivity contribution is 5.39. The van der Waals surface area contributed by atoms with Crippen LogP contribution in [0.2, 0.25) is 0 Å². The van der Waals surface area contributed by atoms with E-state index < -0.39 is 0 Å². The molecule has 0 atom stereocenters. The van der Waals surface area contributed by atoms with Crippen molar-refractivity contribution < 1.29 is 0 Å². The van der Waals surface area contributed by atoms with Gasteiger partial charge in [0.1, 0.15) is 0 Å². The summed E-state index contributed by atoms with van der Waals surface area (Å²) in [6.45, 7) is 1.94. The fourth-order valence-corrected chi connectivity index (χ4v) is 1.19. The number of hydrogen-bond donors (Lipinski definition) is 0. The van der Waals surface area contributed by atoms with Crippen molar-refractivity contribution in [3.63, 3.8) is 0 Å². The molecule has 14 heavy (non-hydrogen) atoms. The summed E-state index contributed by atoms with van der Waals surface area (Å²) in [6, 6.07) is 3.81. The summed E-state index contributed by atoms with van der Waals surface area (Å²) < 4.78 is 1.75. The maximum absolute atomic E-state index is 5.28. The number of nitrogens with zero attached hydrogens (tertiary/aromatic N) is 3. The fraction of sp³-hybridized carbons (Fsp3) is 0.0909. The van der Waals surface area contributed by atoms with Crippen molar-refractivity contribution in [3.8, 4) is 18.0 Å². The second-order valence-electron chi connectivity index (χ2n) is 2.98. The molecule has 0 aromatic carbocycles. The smallest absolute Gasteiger partial charge is 0.0841 e. The van der Waals surface area contributed by atoms with E-state index in [9.17, 15) is 0 Å². The monoisotopic (exact) mass is 183 g/mol. The van der Waals surface area contributed by atoms with Crippen molar-refractivity contribution in [2.75, 3.05) is 0 Å². The normalized spacial score (nSPS) is 9.71. The average Bonchev–Trinajstić information content (AvgIpc) is 2.65. The number of hydrogen-bond acceptors (Lipinski definition) is 2. The molecule has 0 radical (unpaired) electrons. The molecule has 3 nitrogen and oxygen atoms in total. The lowest BCUT2D eigenvalue weighted by atomic mass is 10.3. The van der Waals surface area contributed by atoms with E-state index in [2.05, 4.69) is 16.0 Å².